The predicted octanol–water partition coefficient (Wildman–Crippen LogP) is 1.79. The molecule has 1 heterocycles. The fourth-order valence-corrected chi connectivity index (χ4v) is 4.44. The van der Waals surface area contributed by atoms with Gasteiger partial charge in [-0.1, -0.05) is 12.1 Å². The van der Waals surface area contributed by atoms with Crippen LogP contribution in [0.2, 0.25) is 0 Å². The largest absolute Gasteiger partial charge is 0.326 e. The van der Waals surface area contributed by atoms with Crippen molar-refractivity contribution in [3.05, 3.63) is 29.8 Å². The van der Waals surface area contributed by atoms with Gasteiger partial charge >= 0.3 is 0 Å². The second-order valence-corrected chi connectivity index (χ2v) is 7.95. The van der Waals surface area contributed by atoms with Crippen LogP contribution in [0.25, 0.3) is 0 Å². The minimum Gasteiger partial charge on any atom is -0.326 e. The van der Waals surface area contributed by atoms with Crippen LogP contribution in [0.1, 0.15) is 32.3 Å². The van der Waals surface area contributed by atoms with Crippen molar-refractivity contribution >= 4 is 9.84 Å². The quantitative estimate of drug-likeness (QED) is 0.920. The van der Waals surface area contributed by atoms with E-state index in [1.807, 2.05) is 0 Å². The molecule has 1 aliphatic rings. The zero-order chi connectivity index (χ0) is 14.8. The topological polar surface area (TPSA) is 63.4 Å². The van der Waals surface area contributed by atoms with Crippen LogP contribution in [-0.4, -0.2) is 37.7 Å². The Labute approximate surface area is 121 Å². The molecule has 2 N–H and O–H groups in total. The van der Waals surface area contributed by atoms with Gasteiger partial charge in [-0.3, -0.25) is 0 Å². The first kappa shape index (κ1) is 15.5. The van der Waals surface area contributed by atoms with Crippen LogP contribution >= 0.6 is 0 Å². The number of benzene rings is 1. The maximum atomic E-state index is 12.6. The molecule has 0 spiro atoms. The number of piperidine rings is 1. The summed E-state index contributed by atoms with van der Waals surface area (Å²) in [5, 5.41) is -0.249. The smallest absolute Gasteiger partial charge is 0.181 e. The van der Waals surface area contributed by atoms with Crippen molar-refractivity contribution in [2.75, 3.05) is 13.1 Å². The molecule has 1 aliphatic heterocycles. The van der Waals surface area contributed by atoms with E-state index in [-0.39, 0.29) is 5.25 Å². The van der Waals surface area contributed by atoms with Gasteiger partial charge in [0.2, 0.25) is 0 Å². The van der Waals surface area contributed by atoms with Gasteiger partial charge in [-0.25, -0.2) is 8.42 Å². The standard InChI is InChI=1S/C15H24N2O2S/c1-12(2)17-9-7-15(8-10-17)20(18,19)14-5-3-13(11-16)4-6-14/h3-6,12,15H,7-11,16H2,1-2H3. The van der Waals surface area contributed by atoms with Gasteiger partial charge in [-0.15, -0.1) is 0 Å². The number of sulfone groups is 1. The third-order valence-corrected chi connectivity index (χ3v) is 6.41. The molecule has 0 radical (unpaired) electrons. The molecule has 2 rings (SSSR count). The maximum absolute atomic E-state index is 12.6. The highest BCUT2D eigenvalue weighted by molar-refractivity contribution is 7.92. The molecule has 1 fully saturated rings. The van der Waals surface area contributed by atoms with Crippen molar-refractivity contribution in [1.82, 2.24) is 4.90 Å². The summed E-state index contributed by atoms with van der Waals surface area (Å²) in [7, 11) is -3.20. The first-order chi connectivity index (χ1) is 9.45. The molecular formula is C15H24N2O2S. The summed E-state index contributed by atoms with van der Waals surface area (Å²) in [5.41, 5.74) is 6.50. The Bertz CT molecular complexity index is 529. The molecule has 0 unspecified atom stereocenters. The van der Waals surface area contributed by atoms with Crippen LogP contribution in [0.4, 0.5) is 0 Å². The molecule has 1 aromatic rings. The Morgan fingerprint density at radius 2 is 1.75 bits per heavy atom. The zero-order valence-corrected chi connectivity index (χ0v) is 13.1. The van der Waals surface area contributed by atoms with E-state index in [9.17, 15) is 8.42 Å². The van der Waals surface area contributed by atoms with Gasteiger partial charge in [-0.05, 0) is 57.5 Å². The normalized spacial score (nSPS) is 18.6. The van der Waals surface area contributed by atoms with Crippen molar-refractivity contribution in [2.45, 2.75) is 49.4 Å². The Balaban J connectivity index is 2.11. The fourth-order valence-electron chi connectivity index (χ4n) is 2.71. The van der Waals surface area contributed by atoms with Crippen LogP contribution in [0.5, 0.6) is 0 Å². The lowest BCUT2D eigenvalue weighted by atomic mass is 10.1. The van der Waals surface area contributed by atoms with Gasteiger partial charge in [0.05, 0.1) is 10.1 Å². The van der Waals surface area contributed by atoms with E-state index < -0.39 is 9.84 Å². The second kappa shape index (κ2) is 6.24. The molecule has 0 amide bonds. The van der Waals surface area contributed by atoms with E-state index >= 15 is 0 Å². The average Bonchev–Trinajstić information content (AvgIpc) is 2.47. The Morgan fingerprint density at radius 1 is 1.20 bits per heavy atom. The highest BCUT2D eigenvalue weighted by Gasteiger charge is 2.31. The summed E-state index contributed by atoms with van der Waals surface area (Å²) in [4.78, 5) is 2.77. The van der Waals surface area contributed by atoms with Crippen LogP contribution < -0.4 is 5.73 Å². The molecule has 5 heteroatoms. The molecule has 0 atom stereocenters. The lowest BCUT2D eigenvalue weighted by molar-refractivity contribution is 0.186. The van der Waals surface area contributed by atoms with Crippen molar-refractivity contribution in [3.8, 4) is 0 Å². The Hall–Kier alpha value is -0.910. The first-order valence-corrected chi connectivity index (χ1v) is 8.76. The van der Waals surface area contributed by atoms with Crippen LogP contribution in [0.15, 0.2) is 29.2 Å². The minimum absolute atomic E-state index is 0.249. The summed E-state index contributed by atoms with van der Waals surface area (Å²) in [6, 6.07) is 7.47. The number of nitrogens with two attached hydrogens (primary N) is 1. The zero-order valence-electron chi connectivity index (χ0n) is 12.2. The summed E-state index contributed by atoms with van der Waals surface area (Å²) in [6.45, 7) is 6.47. The van der Waals surface area contributed by atoms with E-state index in [1.54, 1.807) is 24.3 Å². The molecular weight excluding hydrogens is 272 g/mol. The van der Waals surface area contributed by atoms with Crippen LogP contribution in [0.3, 0.4) is 0 Å². The van der Waals surface area contributed by atoms with Gasteiger partial charge in [0.15, 0.2) is 9.84 Å². The van der Waals surface area contributed by atoms with Gasteiger partial charge in [0, 0.05) is 12.6 Å². The molecule has 0 aliphatic carbocycles. The van der Waals surface area contributed by atoms with Crippen molar-refractivity contribution < 1.29 is 8.42 Å². The lowest BCUT2D eigenvalue weighted by Gasteiger charge is -2.34. The van der Waals surface area contributed by atoms with Gasteiger partial charge in [-0.2, -0.15) is 0 Å². The minimum atomic E-state index is -3.20. The van der Waals surface area contributed by atoms with E-state index in [1.165, 1.54) is 0 Å². The number of hydrogen-bond acceptors (Lipinski definition) is 4. The molecule has 0 saturated carbocycles. The van der Waals surface area contributed by atoms with Crippen molar-refractivity contribution in [3.63, 3.8) is 0 Å². The van der Waals surface area contributed by atoms with Crippen LogP contribution in [0, 0.1) is 0 Å². The molecule has 4 nitrogen and oxygen atoms in total. The summed E-state index contributed by atoms with van der Waals surface area (Å²) < 4.78 is 25.2. The average molecular weight is 296 g/mol. The Morgan fingerprint density at radius 3 is 2.20 bits per heavy atom. The number of likely N-dealkylation sites (tertiary alicyclic amines) is 1. The first-order valence-electron chi connectivity index (χ1n) is 7.22. The summed E-state index contributed by atoms with van der Waals surface area (Å²) in [6.07, 6.45) is 1.44. The molecule has 0 bridgehead atoms. The van der Waals surface area contributed by atoms with Gasteiger partial charge < -0.3 is 10.6 Å². The maximum Gasteiger partial charge on any atom is 0.181 e. The Kier molecular flexibility index (Phi) is 4.83. The van der Waals surface area contributed by atoms with E-state index in [0.29, 0.717) is 17.5 Å². The predicted molar refractivity (Wildman–Crippen MR) is 81.3 cm³/mol. The van der Waals surface area contributed by atoms with E-state index in [4.69, 9.17) is 5.73 Å². The highest BCUT2D eigenvalue weighted by Crippen LogP contribution is 2.25. The second-order valence-electron chi connectivity index (χ2n) is 5.72. The SMILES string of the molecule is CC(C)N1CCC(S(=O)(=O)c2ccc(CN)cc2)CC1. The number of rotatable bonds is 4. The van der Waals surface area contributed by atoms with Crippen LogP contribution in [-0.2, 0) is 16.4 Å². The molecule has 112 valence electrons. The van der Waals surface area contributed by atoms with Gasteiger partial charge in [0.25, 0.3) is 0 Å². The summed E-state index contributed by atoms with van der Waals surface area (Å²) >= 11 is 0. The monoisotopic (exact) mass is 296 g/mol. The summed E-state index contributed by atoms with van der Waals surface area (Å²) in [5.74, 6) is 0. The molecule has 1 saturated heterocycles. The van der Waals surface area contributed by atoms with Gasteiger partial charge in [0.1, 0.15) is 0 Å². The number of hydrogen-bond donors (Lipinski definition) is 1. The van der Waals surface area contributed by atoms with E-state index in [2.05, 4.69) is 18.7 Å². The molecule has 20 heavy (non-hydrogen) atoms. The molecule has 1 aromatic carbocycles. The van der Waals surface area contributed by atoms with E-state index in [0.717, 1.165) is 31.5 Å². The third-order valence-electron chi connectivity index (χ3n) is 4.13. The third kappa shape index (κ3) is 3.22. The lowest BCUT2D eigenvalue weighted by Crippen LogP contribution is -2.42. The highest BCUT2D eigenvalue weighted by atomic mass is 32.2. The fraction of sp³-hybridized carbons (Fsp3) is 0.600. The number of nitrogens with zero attached hydrogens (tertiary/aromatic N) is 1. The van der Waals surface area contributed by atoms with Crippen molar-refractivity contribution in [1.29, 1.82) is 0 Å². The van der Waals surface area contributed by atoms with Crippen molar-refractivity contribution in [2.24, 2.45) is 5.73 Å². The molecule has 0 aromatic heterocycles.